The van der Waals surface area contributed by atoms with E-state index >= 15 is 0 Å². The fourth-order valence-electron chi connectivity index (χ4n) is 1.09. The molecule has 1 aromatic rings. The molecule has 0 aliphatic rings. The molecule has 0 amide bonds. The summed E-state index contributed by atoms with van der Waals surface area (Å²) in [6.45, 7) is 1.70. The standard InChI is InChI=1S/C12H11ClO4.Li.H/c1-2-17-12(16)11(15)7-10(14)8-3-5-9(13)6-4-8;;/h3-7,14H,2H2,1H3;;. The van der Waals surface area contributed by atoms with Crippen molar-refractivity contribution in [2.45, 2.75) is 6.92 Å². The van der Waals surface area contributed by atoms with Crippen molar-refractivity contribution in [3.63, 3.8) is 0 Å². The Morgan fingerprint density at radius 3 is 2.39 bits per heavy atom. The van der Waals surface area contributed by atoms with Gasteiger partial charge in [-0.2, -0.15) is 0 Å². The number of benzene rings is 1. The first-order valence-electron chi connectivity index (χ1n) is 4.92. The van der Waals surface area contributed by atoms with Crippen LogP contribution in [0.4, 0.5) is 0 Å². The van der Waals surface area contributed by atoms with E-state index in [2.05, 4.69) is 4.74 Å². The van der Waals surface area contributed by atoms with Gasteiger partial charge < -0.3 is 9.84 Å². The number of ketones is 1. The predicted octanol–water partition coefficient (Wildman–Crippen LogP) is 1.72. The average molecular weight is 263 g/mol. The van der Waals surface area contributed by atoms with E-state index in [-0.39, 0.29) is 31.2 Å². The molecule has 18 heavy (non-hydrogen) atoms. The molecule has 0 bridgehead atoms. The first-order chi connectivity index (χ1) is 8.04. The van der Waals surface area contributed by atoms with E-state index in [4.69, 9.17) is 11.6 Å². The second kappa shape index (κ2) is 7.99. The van der Waals surface area contributed by atoms with Gasteiger partial charge in [0.05, 0.1) is 6.61 Å². The van der Waals surface area contributed by atoms with E-state index in [1.54, 1.807) is 19.1 Å². The number of carbonyl (C=O) groups excluding carboxylic acids is 2. The van der Waals surface area contributed by atoms with Crippen LogP contribution >= 0.6 is 11.6 Å². The second-order valence-electron chi connectivity index (χ2n) is 3.12. The third-order valence-electron chi connectivity index (χ3n) is 1.88. The Morgan fingerprint density at radius 2 is 1.89 bits per heavy atom. The maximum atomic E-state index is 11.2. The molecule has 6 heteroatoms. The normalized spacial score (nSPS) is 10.4. The zero-order chi connectivity index (χ0) is 12.8. The Bertz CT molecular complexity index is 454. The molecule has 0 aliphatic carbocycles. The van der Waals surface area contributed by atoms with Crippen LogP contribution in [0, 0.1) is 0 Å². The zero-order valence-corrected chi connectivity index (χ0v) is 9.90. The molecule has 0 radical (unpaired) electrons. The topological polar surface area (TPSA) is 63.6 Å². The molecule has 0 spiro atoms. The first-order valence-corrected chi connectivity index (χ1v) is 5.30. The van der Waals surface area contributed by atoms with Crippen LogP contribution in [0.2, 0.25) is 5.02 Å². The van der Waals surface area contributed by atoms with E-state index in [1.807, 2.05) is 0 Å². The summed E-state index contributed by atoms with van der Waals surface area (Å²) in [5, 5.41) is 10.1. The molecule has 0 heterocycles. The third kappa shape index (κ3) is 4.97. The van der Waals surface area contributed by atoms with Crippen LogP contribution in [0.15, 0.2) is 30.3 Å². The number of carbonyl (C=O) groups is 2. The molecule has 0 saturated heterocycles. The molecule has 1 aromatic carbocycles. The quantitative estimate of drug-likeness (QED) is 0.295. The molecule has 4 nitrogen and oxygen atoms in total. The third-order valence-corrected chi connectivity index (χ3v) is 2.14. The molecule has 0 atom stereocenters. The average Bonchev–Trinajstić information content (AvgIpc) is 2.30. The van der Waals surface area contributed by atoms with Crippen molar-refractivity contribution < 1.29 is 19.4 Å². The number of hydrogen-bond acceptors (Lipinski definition) is 4. The number of aliphatic hydroxyl groups excluding tert-OH is 1. The molecule has 0 saturated carbocycles. The van der Waals surface area contributed by atoms with Crippen molar-refractivity contribution in [1.82, 2.24) is 0 Å². The van der Waals surface area contributed by atoms with Gasteiger partial charge in [-0.05, 0) is 31.2 Å². The van der Waals surface area contributed by atoms with Crippen LogP contribution in [0.1, 0.15) is 12.5 Å². The molecule has 1 N–H and O–H groups in total. The number of rotatable bonds is 4. The Labute approximate surface area is 122 Å². The van der Waals surface area contributed by atoms with Gasteiger partial charge in [0.25, 0.3) is 5.78 Å². The van der Waals surface area contributed by atoms with Gasteiger partial charge in [0.1, 0.15) is 5.76 Å². The van der Waals surface area contributed by atoms with Crippen molar-refractivity contribution in [2.75, 3.05) is 6.61 Å². The zero-order valence-electron chi connectivity index (χ0n) is 9.14. The van der Waals surface area contributed by atoms with Crippen LogP contribution in [0.25, 0.3) is 5.76 Å². The Morgan fingerprint density at radius 1 is 1.33 bits per heavy atom. The van der Waals surface area contributed by atoms with Crippen LogP contribution < -0.4 is 0 Å². The number of halogens is 1. The van der Waals surface area contributed by atoms with E-state index in [0.717, 1.165) is 6.08 Å². The second-order valence-corrected chi connectivity index (χ2v) is 3.56. The Balaban J connectivity index is 0.00000289. The fourth-order valence-corrected chi connectivity index (χ4v) is 1.22. The van der Waals surface area contributed by atoms with Gasteiger partial charge in [-0.1, -0.05) is 11.6 Å². The molecule has 0 fully saturated rings. The SMILES string of the molecule is CCOC(=O)C(=O)C=C(O)c1ccc(Cl)cc1.[LiH]. The summed E-state index contributed by atoms with van der Waals surface area (Å²) < 4.78 is 4.49. The van der Waals surface area contributed by atoms with Crippen LogP contribution in [0.3, 0.4) is 0 Å². The first kappa shape index (κ1) is 16.8. The fraction of sp³-hybridized carbons (Fsp3) is 0.167. The van der Waals surface area contributed by atoms with Gasteiger partial charge in [-0.3, -0.25) is 4.79 Å². The summed E-state index contributed by atoms with van der Waals surface area (Å²) in [6.07, 6.45) is 0.821. The van der Waals surface area contributed by atoms with Gasteiger partial charge in [-0.25, -0.2) is 4.79 Å². The van der Waals surface area contributed by atoms with Crippen molar-refractivity contribution in [3.8, 4) is 0 Å². The summed E-state index contributed by atoms with van der Waals surface area (Å²) in [6, 6.07) is 6.20. The molecule has 0 unspecified atom stereocenters. The number of aliphatic hydroxyl groups is 1. The predicted molar refractivity (Wildman–Crippen MR) is 70.8 cm³/mol. The molecule has 92 valence electrons. The number of ether oxygens (including phenoxy) is 1. The summed E-state index contributed by atoms with van der Waals surface area (Å²) in [5.74, 6) is -2.20. The molecule has 0 aromatic heterocycles. The molecular weight excluding hydrogens is 251 g/mol. The van der Waals surface area contributed by atoms with Gasteiger partial charge in [0.2, 0.25) is 0 Å². The molecule has 1 rings (SSSR count). The van der Waals surface area contributed by atoms with Crippen molar-refractivity contribution in [1.29, 1.82) is 0 Å². The van der Waals surface area contributed by atoms with Gasteiger partial charge >= 0.3 is 24.8 Å². The van der Waals surface area contributed by atoms with Gasteiger partial charge in [-0.15, -0.1) is 0 Å². The molecular formula is C12H12ClLiO4. The molecule has 0 aliphatic heterocycles. The number of esters is 1. The van der Waals surface area contributed by atoms with E-state index < -0.39 is 11.8 Å². The monoisotopic (exact) mass is 262 g/mol. The summed E-state index contributed by atoms with van der Waals surface area (Å²) >= 11 is 5.67. The van der Waals surface area contributed by atoms with Gasteiger partial charge in [0.15, 0.2) is 0 Å². The minimum atomic E-state index is -0.993. The number of hydrogen-bond donors (Lipinski definition) is 1. The van der Waals surface area contributed by atoms with Crippen LogP contribution in [-0.4, -0.2) is 42.3 Å². The van der Waals surface area contributed by atoms with E-state index in [9.17, 15) is 14.7 Å². The summed E-state index contributed by atoms with van der Waals surface area (Å²) in [7, 11) is 0. The Hall–Kier alpha value is -1.21. The van der Waals surface area contributed by atoms with Crippen LogP contribution in [0.5, 0.6) is 0 Å². The van der Waals surface area contributed by atoms with Crippen LogP contribution in [-0.2, 0) is 14.3 Å². The van der Waals surface area contributed by atoms with Gasteiger partial charge in [0, 0.05) is 16.7 Å². The summed E-state index contributed by atoms with van der Waals surface area (Å²) in [5.41, 5.74) is 0.395. The minimum absolute atomic E-state index is 0. The summed E-state index contributed by atoms with van der Waals surface area (Å²) in [4.78, 5) is 22.3. The van der Waals surface area contributed by atoms with Crippen molar-refractivity contribution in [3.05, 3.63) is 40.9 Å². The van der Waals surface area contributed by atoms with E-state index in [0.29, 0.717) is 10.6 Å². The maximum absolute atomic E-state index is 11.2. The Kier molecular flexibility index (Phi) is 7.45. The van der Waals surface area contributed by atoms with Crippen molar-refractivity contribution in [2.24, 2.45) is 0 Å². The van der Waals surface area contributed by atoms with E-state index in [1.165, 1.54) is 12.1 Å². The van der Waals surface area contributed by atoms with Crippen molar-refractivity contribution >= 4 is 48.0 Å².